The zero-order chi connectivity index (χ0) is 33.3. The maximum absolute atomic E-state index is 14.8. The molecule has 2 amide bonds. The number of benzene rings is 3. The highest BCUT2D eigenvalue weighted by Gasteiger charge is 2.66. The quantitative estimate of drug-likeness (QED) is 0.168. The maximum Gasteiger partial charge on any atom is 0.264 e. The number of aromatic nitrogens is 3. The molecule has 0 bridgehead atoms. The van der Waals surface area contributed by atoms with Gasteiger partial charge in [-0.05, 0) is 67.5 Å². The van der Waals surface area contributed by atoms with Crippen LogP contribution >= 0.6 is 0 Å². The van der Waals surface area contributed by atoms with Crippen LogP contribution in [-0.4, -0.2) is 65.4 Å². The molecule has 0 unspecified atom stereocenters. The number of carbonyl (C=O) groups excluding carboxylic acids is 2. The number of aliphatic hydroxyl groups excluding tert-OH is 1. The van der Waals surface area contributed by atoms with Crippen molar-refractivity contribution < 1.29 is 29.0 Å². The molecule has 0 saturated carbocycles. The summed E-state index contributed by atoms with van der Waals surface area (Å²) < 4.78 is 14.3. The van der Waals surface area contributed by atoms with Crippen LogP contribution < -0.4 is 14.5 Å². The van der Waals surface area contributed by atoms with E-state index in [9.17, 15) is 19.5 Å². The lowest BCUT2D eigenvalue weighted by molar-refractivity contribution is -0.146. The van der Waals surface area contributed by atoms with Crippen molar-refractivity contribution in [1.29, 1.82) is 0 Å². The van der Waals surface area contributed by atoms with E-state index in [0.29, 0.717) is 43.1 Å². The SMILES string of the molecule is COc1ccc2c(c1)[C@@]1(O[C@H](CCn3cc(CCO)nn3)[C@@H]([Si](C)(C)O)[C@@H]1C)C(=O)N2Cc1ccc(N(C=O)c2ccccc2)cc1. The lowest BCUT2D eigenvalue weighted by atomic mass is 9.82. The van der Waals surface area contributed by atoms with Crippen LogP contribution in [0.5, 0.6) is 5.75 Å². The third-order valence-electron chi connectivity index (χ3n) is 9.48. The van der Waals surface area contributed by atoms with Gasteiger partial charge in [0.1, 0.15) is 5.75 Å². The molecule has 3 heterocycles. The largest absolute Gasteiger partial charge is 0.497 e. The minimum atomic E-state index is -2.85. The molecule has 2 N–H and O–H groups in total. The number of aryl methyl sites for hydroxylation is 1. The van der Waals surface area contributed by atoms with Crippen LogP contribution in [0.3, 0.4) is 0 Å². The van der Waals surface area contributed by atoms with Crippen LogP contribution in [0.25, 0.3) is 0 Å². The smallest absolute Gasteiger partial charge is 0.264 e. The van der Waals surface area contributed by atoms with Gasteiger partial charge in [-0.2, -0.15) is 0 Å². The molecule has 3 aromatic carbocycles. The first-order valence-corrected chi connectivity index (χ1v) is 18.9. The summed E-state index contributed by atoms with van der Waals surface area (Å²) in [6, 6.07) is 22.6. The molecule has 4 atom stereocenters. The van der Waals surface area contributed by atoms with Crippen LogP contribution in [0.15, 0.2) is 79.0 Å². The van der Waals surface area contributed by atoms with Crippen LogP contribution in [0.1, 0.15) is 30.2 Å². The van der Waals surface area contributed by atoms with E-state index in [0.717, 1.165) is 28.9 Å². The van der Waals surface area contributed by atoms with E-state index in [1.807, 2.05) is 99.0 Å². The number of fused-ring (bicyclic) bond motifs is 2. The van der Waals surface area contributed by atoms with Gasteiger partial charge < -0.3 is 24.3 Å². The van der Waals surface area contributed by atoms with E-state index in [-0.39, 0.29) is 24.0 Å². The Balaban J connectivity index is 1.31. The summed E-state index contributed by atoms with van der Waals surface area (Å²) in [5.74, 6) is 0.123. The average molecular weight is 656 g/mol. The van der Waals surface area contributed by atoms with Crippen LogP contribution in [-0.2, 0) is 39.4 Å². The number of hydrogen-bond donors (Lipinski definition) is 2. The molecule has 1 fully saturated rings. The third-order valence-corrected chi connectivity index (χ3v) is 12.0. The Morgan fingerprint density at radius 2 is 1.81 bits per heavy atom. The lowest BCUT2D eigenvalue weighted by Crippen LogP contribution is -2.46. The second-order valence-electron chi connectivity index (χ2n) is 12.8. The number of nitrogens with zero attached hydrogens (tertiary/aromatic N) is 5. The third kappa shape index (κ3) is 5.97. The van der Waals surface area contributed by atoms with Crippen molar-refractivity contribution in [2.75, 3.05) is 23.5 Å². The maximum atomic E-state index is 14.8. The van der Waals surface area contributed by atoms with Crippen molar-refractivity contribution in [3.05, 3.63) is 95.8 Å². The predicted octanol–water partition coefficient (Wildman–Crippen LogP) is 4.55. The molecule has 12 heteroatoms. The minimum Gasteiger partial charge on any atom is -0.497 e. The molecule has 1 spiro atoms. The summed E-state index contributed by atoms with van der Waals surface area (Å²) in [7, 11) is -1.25. The average Bonchev–Trinajstić information content (AvgIpc) is 3.71. The molecule has 246 valence electrons. The molecule has 2 aliphatic rings. The molecule has 1 saturated heterocycles. The van der Waals surface area contributed by atoms with Gasteiger partial charge in [0.25, 0.3) is 5.91 Å². The topological polar surface area (TPSA) is 130 Å². The van der Waals surface area contributed by atoms with E-state index in [2.05, 4.69) is 10.3 Å². The van der Waals surface area contributed by atoms with Gasteiger partial charge in [0.05, 0.1) is 31.1 Å². The number of hydrogen-bond acceptors (Lipinski definition) is 8. The highest BCUT2D eigenvalue weighted by atomic mass is 28.4. The summed E-state index contributed by atoms with van der Waals surface area (Å²) in [6.45, 7) is 6.60. The van der Waals surface area contributed by atoms with E-state index in [1.165, 1.54) is 0 Å². The minimum absolute atomic E-state index is 0.00660. The second kappa shape index (κ2) is 13.0. The van der Waals surface area contributed by atoms with Crippen LogP contribution in [0.4, 0.5) is 17.1 Å². The molecular weight excluding hydrogens is 614 g/mol. The number of anilines is 3. The van der Waals surface area contributed by atoms with Gasteiger partial charge in [0.15, 0.2) is 13.9 Å². The van der Waals surface area contributed by atoms with E-state index in [1.54, 1.807) is 21.6 Å². The molecule has 0 aliphatic carbocycles. The predicted molar refractivity (Wildman–Crippen MR) is 180 cm³/mol. The number of methoxy groups -OCH3 is 1. The Bertz CT molecular complexity index is 1730. The first-order chi connectivity index (χ1) is 22.6. The van der Waals surface area contributed by atoms with E-state index >= 15 is 0 Å². The summed E-state index contributed by atoms with van der Waals surface area (Å²) in [4.78, 5) is 41.7. The first-order valence-electron chi connectivity index (χ1n) is 15.9. The van der Waals surface area contributed by atoms with Gasteiger partial charge in [0, 0.05) is 54.2 Å². The summed E-state index contributed by atoms with van der Waals surface area (Å²) >= 11 is 0. The monoisotopic (exact) mass is 655 g/mol. The fourth-order valence-corrected chi connectivity index (χ4v) is 9.95. The normalized spacial score (nSPS) is 22.1. The van der Waals surface area contributed by atoms with Crippen molar-refractivity contribution in [1.82, 2.24) is 15.0 Å². The van der Waals surface area contributed by atoms with Gasteiger partial charge in [-0.15, -0.1) is 5.10 Å². The van der Waals surface area contributed by atoms with E-state index in [4.69, 9.17) is 9.47 Å². The standard InChI is InChI=1S/C35H41N5O6Si/c1-24-33(47(3,4)44)32(16-18-38-22-26(17-19-41)36-37-38)46-35(24)30-20-29(45-2)14-15-31(30)39(34(35)43)21-25-10-12-28(13-11-25)40(23-42)27-8-6-5-7-9-27/h5-15,20,22-24,32-33,41,44H,16-19,21H2,1-4H3/t24-,32+,33-,35+/m0/s1. The lowest BCUT2D eigenvalue weighted by Gasteiger charge is -2.32. The number of para-hydroxylation sites is 1. The highest BCUT2D eigenvalue weighted by Crippen LogP contribution is 2.60. The van der Waals surface area contributed by atoms with Crippen LogP contribution in [0, 0.1) is 5.92 Å². The number of amides is 2. The van der Waals surface area contributed by atoms with Gasteiger partial charge >= 0.3 is 0 Å². The second-order valence-corrected chi connectivity index (χ2v) is 16.8. The molecule has 47 heavy (non-hydrogen) atoms. The Labute approximate surface area is 275 Å². The van der Waals surface area contributed by atoms with Crippen LogP contribution in [0.2, 0.25) is 18.6 Å². The van der Waals surface area contributed by atoms with E-state index < -0.39 is 20.0 Å². The molecule has 11 nitrogen and oxygen atoms in total. The number of carbonyl (C=O) groups is 2. The molecule has 1 aromatic heterocycles. The fourth-order valence-electron chi connectivity index (χ4n) is 7.35. The van der Waals surface area contributed by atoms with Gasteiger partial charge in [0.2, 0.25) is 6.41 Å². The Hall–Kier alpha value is -4.36. The first kappa shape index (κ1) is 32.6. The van der Waals surface area contributed by atoms with Gasteiger partial charge in [-0.25, -0.2) is 0 Å². The zero-order valence-corrected chi connectivity index (χ0v) is 28.1. The van der Waals surface area contributed by atoms with Crippen molar-refractivity contribution in [2.24, 2.45) is 5.92 Å². The number of aliphatic hydroxyl groups is 1. The molecule has 0 radical (unpaired) electrons. The molecule has 2 aliphatic heterocycles. The van der Waals surface area contributed by atoms with Crippen molar-refractivity contribution in [3.8, 4) is 5.75 Å². The number of rotatable bonds is 12. The van der Waals surface area contributed by atoms with Gasteiger partial charge in [-0.3, -0.25) is 19.2 Å². The zero-order valence-electron chi connectivity index (χ0n) is 27.1. The Morgan fingerprint density at radius 3 is 2.47 bits per heavy atom. The molecule has 6 rings (SSSR count). The van der Waals surface area contributed by atoms with Crippen molar-refractivity contribution in [2.45, 2.75) is 63.2 Å². The van der Waals surface area contributed by atoms with Crippen molar-refractivity contribution in [3.63, 3.8) is 0 Å². The van der Waals surface area contributed by atoms with Gasteiger partial charge in [-0.1, -0.05) is 42.5 Å². The van der Waals surface area contributed by atoms with Crippen molar-refractivity contribution >= 4 is 37.7 Å². The molecule has 4 aromatic rings. The number of ether oxygens (including phenoxy) is 2. The Morgan fingerprint density at radius 1 is 1.09 bits per heavy atom. The molecular formula is C35H41N5O6Si. The Kier molecular flexibility index (Phi) is 9.03. The summed E-state index contributed by atoms with van der Waals surface area (Å²) in [6.07, 6.45) is 3.14. The fraction of sp³-hybridized carbons (Fsp3) is 0.371. The summed E-state index contributed by atoms with van der Waals surface area (Å²) in [5, 5.41) is 17.6. The highest BCUT2D eigenvalue weighted by molar-refractivity contribution is 6.71. The summed E-state index contributed by atoms with van der Waals surface area (Å²) in [5.41, 5.74) is 3.00.